The van der Waals surface area contributed by atoms with Crippen LogP contribution in [0.15, 0.2) is 16.8 Å². The fraction of sp³-hybridized carbons (Fsp3) is 0.667. The number of hydrogen-bond donors (Lipinski definition) is 2. The topological polar surface area (TPSA) is 67.2 Å². The average Bonchev–Trinajstić information content (AvgIpc) is 2.78. The Hall–Kier alpha value is -1.36. The number of carbonyl (C=O) groups is 1. The van der Waals surface area contributed by atoms with Gasteiger partial charge in [-0.2, -0.15) is 0 Å². The Kier molecular flexibility index (Phi) is 4.55. The van der Waals surface area contributed by atoms with Crippen LogP contribution >= 0.6 is 0 Å². The molecule has 0 bridgehead atoms. The van der Waals surface area contributed by atoms with E-state index in [0.717, 1.165) is 25.8 Å². The van der Waals surface area contributed by atoms with Crippen molar-refractivity contribution in [1.82, 2.24) is 15.8 Å². The standard InChI is InChI=1S/C12H19N3O2/c16-12(14-9-10-6-8-15-17-10)11-5-3-1-2-4-7-13-11/h6,8,11,13H,1-5,7,9H2,(H,14,16). The molecule has 5 nitrogen and oxygen atoms in total. The lowest BCUT2D eigenvalue weighted by Crippen LogP contribution is -2.44. The minimum Gasteiger partial charge on any atom is -0.360 e. The van der Waals surface area contributed by atoms with Crippen LogP contribution in [0.3, 0.4) is 0 Å². The van der Waals surface area contributed by atoms with E-state index < -0.39 is 0 Å². The van der Waals surface area contributed by atoms with Gasteiger partial charge in [0, 0.05) is 6.07 Å². The number of carbonyl (C=O) groups excluding carboxylic acids is 1. The zero-order valence-electron chi connectivity index (χ0n) is 9.95. The van der Waals surface area contributed by atoms with Crippen molar-refractivity contribution < 1.29 is 9.32 Å². The van der Waals surface area contributed by atoms with E-state index in [9.17, 15) is 4.79 Å². The quantitative estimate of drug-likeness (QED) is 0.829. The van der Waals surface area contributed by atoms with Gasteiger partial charge in [0.1, 0.15) is 0 Å². The second kappa shape index (κ2) is 6.39. The minimum atomic E-state index is -0.0572. The van der Waals surface area contributed by atoms with Gasteiger partial charge >= 0.3 is 0 Å². The van der Waals surface area contributed by atoms with Gasteiger partial charge < -0.3 is 15.2 Å². The summed E-state index contributed by atoms with van der Waals surface area (Å²) in [6.45, 7) is 1.34. The maximum Gasteiger partial charge on any atom is 0.237 e. The molecule has 17 heavy (non-hydrogen) atoms. The molecular formula is C12H19N3O2. The molecule has 0 aromatic carbocycles. The van der Waals surface area contributed by atoms with Crippen molar-refractivity contribution in [3.8, 4) is 0 Å². The fourth-order valence-corrected chi connectivity index (χ4v) is 2.06. The van der Waals surface area contributed by atoms with Gasteiger partial charge in [0.25, 0.3) is 0 Å². The van der Waals surface area contributed by atoms with E-state index >= 15 is 0 Å². The maximum absolute atomic E-state index is 11.9. The van der Waals surface area contributed by atoms with E-state index in [1.807, 2.05) is 0 Å². The highest BCUT2D eigenvalue weighted by atomic mass is 16.5. The zero-order chi connectivity index (χ0) is 11.9. The molecule has 1 aliphatic rings. The van der Waals surface area contributed by atoms with Gasteiger partial charge in [-0.1, -0.05) is 24.4 Å². The third kappa shape index (κ3) is 3.85. The molecule has 0 saturated carbocycles. The molecule has 94 valence electrons. The number of nitrogens with one attached hydrogen (secondary N) is 2. The second-order valence-corrected chi connectivity index (χ2v) is 4.41. The first kappa shape index (κ1) is 12.1. The third-order valence-electron chi connectivity index (χ3n) is 3.05. The number of aromatic nitrogens is 1. The van der Waals surface area contributed by atoms with Crippen LogP contribution in [0.2, 0.25) is 0 Å². The minimum absolute atomic E-state index is 0.0572. The Morgan fingerprint density at radius 1 is 1.47 bits per heavy atom. The van der Waals surface area contributed by atoms with Crippen molar-refractivity contribution >= 4 is 5.91 Å². The van der Waals surface area contributed by atoms with Gasteiger partial charge in [0.15, 0.2) is 5.76 Å². The summed E-state index contributed by atoms with van der Waals surface area (Å²) in [5.74, 6) is 0.743. The van der Waals surface area contributed by atoms with Crippen LogP contribution in [-0.4, -0.2) is 23.7 Å². The molecule has 0 spiro atoms. The van der Waals surface area contributed by atoms with E-state index in [2.05, 4.69) is 15.8 Å². The molecule has 1 aromatic heterocycles. The van der Waals surface area contributed by atoms with Crippen molar-refractivity contribution in [3.63, 3.8) is 0 Å². The molecule has 5 heteroatoms. The highest BCUT2D eigenvalue weighted by molar-refractivity contribution is 5.81. The molecule has 1 unspecified atom stereocenters. The Morgan fingerprint density at radius 2 is 2.35 bits per heavy atom. The van der Waals surface area contributed by atoms with Gasteiger partial charge in [0.2, 0.25) is 5.91 Å². The van der Waals surface area contributed by atoms with Gasteiger partial charge in [-0.25, -0.2) is 0 Å². The van der Waals surface area contributed by atoms with E-state index in [-0.39, 0.29) is 11.9 Å². The molecule has 2 N–H and O–H groups in total. The van der Waals surface area contributed by atoms with E-state index in [0.29, 0.717) is 12.3 Å². The van der Waals surface area contributed by atoms with Crippen LogP contribution in [0.1, 0.15) is 37.9 Å². The first-order valence-electron chi connectivity index (χ1n) is 6.27. The normalized spacial score (nSPS) is 21.5. The summed E-state index contributed by atoms with van der Waals surface area (Å²) in [5.41, 5.74) is 0. The van der Waals surface area contributed by atoms with Crippen molar-refractivity contribution in [3.05, 3.63) is 18.0 Å². The lowest BCUT2D eigenvalue weighted by Gasteiger charge is -2.20. The van der Waals surface area contributed by atoms with Crippen LogP contribution in [0.25, 0.3) is 0 Å². The van der Waals surface area contributed by atoms with Crippen LogP contribution in [0.4, 0.5) is 0 Å². The molecule has 2 rings (SSSR count). The first-order chi connectivity index (χ1) is 8.36. The van der Waals surface area contributed by atoms with Crippen molar-refractivity contribution in [2.24, 2.45) is 0 Å². The van der Waals surface area contributed by atoms with Gasteiger partial charge in [-0.05, 0) is 19.4 Å². The maximum atomic E-state index is 11.9. The van der Waals surface area contributed by atoms with Crippen molar-refractivity contribution in [1.29, 1.82) is 0 Å². The third-order valence-corrected chi connectivity index (χ3v) is 3.05. The number of amides is 1. The van der Waals surface area contributed by atoms with E-state index in [1.54, 1.807) is 12.3 Å². The lowest BCUT2D eigenvalue weighted by atomic mass is 10.0. The summed E-state index contributed by atoms with van der Waals surface area (Å²) in [6, 6.07) is 1.70. The smallest absolute Gasteiger partial charge is 0.237 e. The molecule has 0 radical (unpaired) electrons. The summed E-state index contributed by atoms with van der Waals surface area (Å²) >= 11 is 0. The lowest BCUT2D eigenvalue weighted by molar-refractivity contribution is -0.123. The SMILES string of the molecule is O=C(NCc1ccno1)C1CCCCCCN1. The van der Waals surface area contributed by atoms with E-state index in [4.69, 9.17) is 4.52 Å². The number of rotatable bonds is 3. The van der Waals surface area contributed by atoms with Crippen LogP contribution in [0.5, 0.6) is 0 Å². The second-order valence-electron chi connectivity index (χ2n) is 4.41. The molecule has 1 aromatic rings. The van der Waals surface area contributed by atoms with E-state index in [1.165, 1.54) is 12.8 Å². The average molecular weight is 237 g/mol. The van der Waals surface area contributed by atoms with Gasteiger partial charge in [-0.15, -0.1) is 0 Å². The van der Waals surface area contributed by atoms with Crippen molar-refractivity contribution in [2.45, 2.75) is 44.7 Å². The Morgan fingerprint density at radius 3 is 3.18 bits per heavy atom. The summed E-state index contributed by atoms with van der Waals surface area (Å²) < 4.78 is 4.93. The van der Waals surface area contributed by atoms with Gasteiger partial charge in [0.05, 0.1) is 18.8 Å². The summed E-state index contributed by atoms with van der Waals surface area (Å²) in [4.78, 5) is 11.9. The van der Waals surface area contributed by atoms with Gasteiger partial charge in [-0.3, -0.25) is 4.79 Å². The first-order valence-corrected chi connectivity index (χ1v) is 6.27. The predicted octanol–water partition coefficient (Wildman–Crippen LogP) is 1.21. The molecule has 1 fully saturated rings. The highest BCUT2D eigenvalue weighted by Crippen LogP contribution is 2.09. The Balaban J connectivity index is 1.77. The largest absolute Gasteiger partial charge is 0.360 e. The van der Waals surface area contributed by atoms with Crippen LogP contribution in [0, 0.1) is 0 Å². The molecular weight excluding hydrogens is 218 g/mol. The van der Waals surface area contributed by atoms with Crippen molar-refractivity contribution in [2.75, 3.05) is 6.54 Å². The fourth-order valence-electron chi connectivity index (χ4n) is 2.06. The summed E-state index contributed by atoms with van der Waals surface area (Å²) in [5, 5.41) is 9.76. The molecule has 1 saturated heterocycles. The molecule has 1 atom stereocenters. The Bertz CT molecular complexity index is 330. The molecule has 0 aliphatic carbocycles. The summed E-state index contributed by atoms with van der Waals surface area (Å²) in [7, 11) is 0. The predicted molar refractivity (Wildman–Crippen MR) is 63.2 cm³/mol. The van der Waals surface area contributed by atoms with Crippen LogP contribution < -0.4 is 10.6 Å². The highest BCUT2D eigenvalue weighted by Gasteiger charge is 2.18. The molecule has 1 aliphatic heterocycles. The zero-order valence-corrected chi connectivity index (χ0v) is 9.95. The Labute approximate surface area is 101 Å². The monoisotopic (exact) mass is 237 g/mol. The number of hydrogen-bond acceptors (Lipinski definition) is 4. The van der Waals surface area contributed by atoms with Crippen LogP contribution in [-0.2, 0) is 11.3 Å². The summed E-state index contributed by atoms with van der Waals surface area (Å²) in [6.07, 6.45) is 7.27. The number of nitrogens with zero attached hydrogens (tertiary/aromatic N) is 1. The molecule has 1 amide bonds. The molecule has 2 heterocycles.